The van der Waals surface area contributed by atoms with Gasteiger partial charge in [0.2, 0.25) is 0 Å². The molecule has 0 unspecified atom stereocenters. The van der Waals surface area contributed by atoms with E-state index in [2.05, 4.69) is 55.5 Å². The van der Waals surface area contributed by atoms with Crippen molar-refractivity contribution >= 4 is 8.80 Å². The van der Waals surface area contributed by atoms with Crippen molar-refractivity contribution in [2.75, 3.05) is 0 Å². The minimum absolute atomic E-state index is 0.450. The molecule has 1 heterocycles. The molecule has 33 heavy (non-hydrogen) atoms. The van der Waals surface area contributed by atoms with Gasteiger partial charge < -0.3 is 0 Å². The summed E-state index contributed by atoms with van der Waals surface area (Å²) in [4.78, 5) is 0. The number of benzene rings is 3. The zero-order valence-corrected chi connectivity index (χ0v) is 21.0. The third kappa shape index (κ3) is 6.63. The predicted molar refractivity (Wildman–Crippen MR) is 139 cm³/mol. The van der Waals surface area contributed by atoms with Gasteiger partial charge in [0.1, 0.15) is 0 Å². The van der Waals surface area contributed by atoms with Crippen LogP contribution in [0.15, 0.2) is 66.7 Å². The quantitative estimate of drug-likeness (QED) is 0.220. The molecule has 1 aliphatic rings. The second-order valence-corrected chi connectivity index (χ2v) is 13.2. The van der Waals surface area contributed by atoms with Crippen LogP contribution < -0.4 is 0 Å². The molecule has 1 fully saturated rings. The monoisotopic (exact) mass is 462 g/mol. The first-order chi connectivity index (χ1) is 16.1. The maximum Gasteiger partial charge on any atom is 0.159 e. The highest BCUT2D eigenvalue weighted by Gasteiger charge is 2.22. The normalized spacial score (nSPS) is 18.4. The zero-order valence-electron chi connectivity index (χ0n) is 19.8. The number of hydrogen-bond acceptors (Lipinski definition) is 0. The van der Waals surface area contributed by atoms with Crippen molar-refractivity contribution in [2.45, 2.75) is 75.9 Å². The zero-order chi connectivity index (χ0) is 23.0. The maximum absolute atomic E-state index is 13.4. The molecule has 4 rings (SSSR count). The first kappa shape index (κ1) is 23.9. The van der Waals surface area contributed by atoms with Gasteiger partial charge in [-0.25, -0.2) is 8.78 Å². The summed E-state index contributed by atoms with van der Waals surface area (Å²) >= 11 is 0. The maximum atomic E-state index is 13.4. The highest BCUT2D eigenvalue weighted by Crippen LogP contribution is 2.36. The molecule has 0 atom stereocenters. The van der Waals surface area contributed by atoms with Crippen molar-refractivity contribution in [3.05, 3.63) is 95.1 Å². The van der Waals surface area contributed by atoms with E-state index in [9.17, 15) is 8.78 Å². The Balaban J connectivity index is 1.29. The smallest absolute Gasteiger partial charge is 0.159 e. The average Bonchev–Trinajstić information content (AvgIpc) is 2.86. The molecule has 3 aromatic rings. The molecule has 0 aliphatic carbocycles. The van der Waals surface area contributed by atoms with Gasteiger partial charge >= 0.3 is 0 Å². The summed E-state index contributed by atoms with van der Waals surface area (Å²) in [5, 5.41) is 0. The molecule has 1 aliphatic heterocycles. The third-order valence-electron chi connectivity index (χ3n) is 7.42. The minimum atomic E-state index is -0.786. The van der Waals surface area contributed by atoms with Crippen LogP contribution in [0.2, 0.25) is 18.1 Å². The molecule has 1 saturated heterocycles. The first-order valence-corrected chi connectivity index (χ1v) is 15.2. The average molecular weight is 463 g/mol. The lowest BCUT2D eigenvalue weighted by atomic mass is 9.91. The van der Waals surface area contributed by atoms with Crippen LogP contribution in [0.3, 0.4) is 0 Å². The second kappa shape index (κ2) is 11.7. The summed E-state index contributed by atoms with van der Waals surface area (Å²) in [5.74, 6) is -0.799. The summed E-state index contributed by atoms with van der Waals surface area (Å²) in [6.45, 7) is 2.30. The highest BCUT2D eigenvalue weighted by molar-refractivity contribution is 6.59. The molecule has 3 aromatic carbocycles. The second-order valence-electron chi connectivity index (χ2n) is 9.78. The molecule has 174 valence electrons. The Kier molecular flexibility index (Phi) is 8.50. The molecular weight excluding hydrogens is 426 g/mol. The summed E-state index contributed by atoms with van der Waals surface area (Å²) in [7, 11) is -0.450. The SMILES string of the molecule is CCCCC[SiH]1CCC(c2ccc(-c3ccc(CCc4ccc(F)c(F)c4)cc3)cc2)CC1. The Morgan fingerprint density at radius 2 is 1.33 bits per heavy atom. The summed E-state index contributed by atoms with van der Waals surface area (Å²) in [5.41, 5.74) is 6.03. The molecule has 0 saturated carbocycles. The Hall–Kier alpha value is -2.26. The van der Waals surface area contributed by atoms with Crippen LogP contribution >= 0.6 is 0 Å². The number of rotatable bonds is 9. The summed E-state index contributed by atoms with van der Waals surface area (Å²) in [6.07, 6.45) is 8.55. The van der Waals surface area contributed by atoms with Gasteiger partial charge in [-0.1, -0.05) is 98.9 Å². The minimum Gasteiger partial charge on any atom is -0.204 e. The van der Waals surface area contributed by atoms with Crippen LogP contribution in [0.25, 0.3) is 11.1 Å². The number of halogens is 2. The van der Waals surface area contributed by atoms with Crippen LogP contribution in [0.1, 0.15) is 61.6 Å². The molecule has 0 amide bonds. The van der Waals surface area contributed by atoms with Gasteiger partial charge in [0.05, 0.1) is 0 Å². The Labute approximate surface area is 199 Å². The van der Waals surface area contributed by atoms with E-state index in [4.69, 9.17) is 0 Å². The van der Waals surface area contributed by atoms with Crippen molar-refractivity contribution in [1.29, 1.82) is 0 Å². The van der Waals surface area contributed by atoms with E-state index in [1.807, 2.05) is 0 Å². The van der Waals surface area contributed by atoms with E-state index in [1.54, 1.807) is 12.1 Å². The van der Waals surface area contributed by atoms with Crippen LogP contribution in [0, 0.1) is 11.6 Å². The van der Waals surface area contributed by atoms with Crippen molar-refractivity contribution in [1.82, 2.24) is 0 Å². The molecular formula is C30H36F2Si. The van der Waals surface area contributed by atoms with E-state index in [0.29, 0.717) is 6.42 Å². The first-order valence-electron chi connectivity index (χ1n) is 12.8. The van der Waals surface area contributed by atoms with Gasteiger partial charge in [-0.05, 0) is 71.6 Å². The van der Waals surface area contributed by atoms with Gasteiger partial charge in [0, 0.05) is 8.80 Å². The molecule has 0 spiro atoms. The Morgan fingerprint density at radius 3 is 1.97 bits per heavy atom. The van der Waals surface area contributed by atoms with Crippen LogP contribution in [-0.4, -0.2) is 8.80 Å². The number of unbranched alkanes of at least 4 members (excludes halogenated alkanes) is 2. The number of aryl methyl sites for hydroxylation is 2. The lowest BCUT2D eigenvalue weighted by molar-refractivity contribution is 0.507. The third-order valence-corrected chi connectivity index (χ3v) is 10.9. The van der Waals surface area contributed by atoms with Crippen LogP contribution in [0.4, 0.5) is 8.78 Å². The Bertz CT molecular complexity index is 1000. The molecule has 0 nitrogen and oxygen atoms in total. The van der Waals surface area contributed by atoms with Gasteiger partial charge in [-0.3, -0.25) is 0 Å². The molecule has 0 bridgehead atoms. The van der Waals surface area contributed by atoms with Crippen molar-refractivity contribution < 1.29 is 8.78 Å². The van der Waals surface area contributed by atoms with Crippen molar-refractivity contribution in [3.8, 4) is 11.1 Å². The predicted octanol–water partition coefficient (Wildman–Crippen LogP) is 8.71. The fourth-order valence-electron chi connectivity index (χ4n) is 5.26. The molecule has 0 aromatic heterocycles. The topological polar surface area (TPSA) is 0 Å². The lowest BCUT2D eigenvalue weighted by Crippen LogP contribution is -2.20. The van der Waals surface area contributed by atoms with Crippen LogP contribution in [-0.2, 0) is 12.8 Å². The van der Waals surface area contributed by atoms with E-state index in [1.165, 1.54) is 78.6 Å². The standard InChI is InChI=1S/C30H36F2Si/c1-2-3-4-19-33-20-17-28(18-21-33)27-14-12-26(13-15-27)25-10-7-23(8-11-25)5-6-24-9-16-29(31)30(32)22-24/h7-16,22,28,33H,2-6,17-21H2,1H3. The molecule has 3 heteroatoms. The van der Waals surface area contributed by atoms with Gasteiger partial charge in [0.25, 0.3) is 0 Å². The number of hydrogen-bond donors (Lipinski definition) is 0. The van der Waals surface area contributed by atoms with Crippen molar-refractivity contribution in [2.24, 2.45) is 0 Å². The largest absolute Gasteiger partial charge is 0.204 e. The summed E-state index contributed by atoms with van der Waals surface area (Å²) < 4.78 is 26.5. The summed E-state index contributed by atoms with van der Waals surface area (Å²) in [6, 6.07) is 26.7. The van der Waals surface area contributed by atoms with E-state index >= 15 is 0 Å². The van der Waals surface area contributed by atoms with Gasteiger partial charge in [-0.2, -0.15) is 0 Å². The van der Waals surface area contributed by atoms with E-state index in [0.717, 1.165) is 17.9 Å². The lowest BCUT2D eigenvalue weighted by Gasteiger charge is -2.28. The highest BCUT2D eigenvalue weighted by atomic mass is 28.3. The van der Waals surface area contributed by atoms with Gasteiger partial charge in [-0.15, -0.1) is 0 Å². The van der Waals surface area contributed by atoms with E-state index in [-0.39, 0.29) is 0 Å². The fraction of sp³-hybridized carbons (Fsp3) is 0.400. The fourth-order valence-corrected chi connectivity index (χ4v) is 8.74. The molecule has 0 N–H and O–H groups in total. The Morgan fingerprint density at radius 1 is 0.727 bits per heavy atom. The van der Waals surface area contributed by atoms with E-state index < -0.39 is 20.4 Å². The van der Waals surface area contributed by atoms with Crippen molar-refractivity contribution in [3.63, 3.8) is 0 Å². The molecule has 0 radical (unpaired) electrons. The van der Waals surface area contributed by atoms with Crippen LogP contribution in [0.5, 0.6) is 0 Å². The van der Waals surface area contributed by atoms with Gasteiger partial charge in [0.15, 0.2) is 11.6 Å².